The van der Waals surface area contributed by atoms with Gasteiger partial charge in [0.25, 0.3) is 5.76 Å². The Morgan fingerprint density at radius 2 is 1.95 bits per heavy atom. The Labute approximate surface area is 127 Å². The number of thioether (sulfide) groups is 1. The predicted molar refractivity (Wildman–Crippen MR) is 81.4 cm³/mol. The van der Waals surface area contributed by atoms with E-state index in [2.05, 4.69) is 5.32 Å². The number of hydrogen-bond acceptors (Lipinski definition) is 3. The van der Waals surface area contributed by atoms with E-state index in [1.54, 1.807) is 24.3 Å². The minimum atomic E-state index is -2.43. The molecule has 1 aliphatic rings. The fourth-order valence-electron chi connectivity index (χ4n) is 2.79. The van der Waals surface area contributed by atoms with Crippen molar-refractivity contribution in [1.82, 2.24) is 0 Å². The summed E-state index contributed by atoms with van der Waals surface area (Å²) in [6.45, 7) is 0.530. The van der Waals surface area contributed by atoms with Gasteiger partial charge in [0.1, 0.15) is 0 Å². The van der Waals surface area contributed by atoms with Gasteiger partial charge >= 0.3 is 0 Å². The Bertz CT molecular complexity index is 467. The van der Waals surface area contributed by atoms with Crippen LogP contribution in [0.25, 0.3) is 0 Å². The molecule has 2 unspecified atom stereocenters. The van der Waals surface area contributed by atoms with Gasteiger partial charge in [-0.25, -0.2) is 0 Å². The Morgan fingerprint density at radius 1 is 1.29 bits per heavy atom. The van der Waals surface area contributed by atoms with Gasteiger partial charge in [0.15, 0.2) is 0 Å². The van der Waals surface area contributed by atoms with E-state index in [0.29, 0.717) is 28.9 Å². The lowest BCUT2D eigenvalue weighted by Crippen LogP contribution is -2.35. The summed E-state index contributed by atoms with van der Waals surface area (Å²) in [6.07, 6.45) is 4.05. The van der Waals surface area contributed by atoms with Crippen LogP contribution >= 0.6 is 11.8 Å². The second kappa shape index (κ2) is 7.75. The predicted octanol–water partition coefficient (Wildman–Crippen LogP) is 3.70. The van der Waals surface area contributed by atoms with Crippen LogP contribution in [0.4, 0.5) is 14.5 Å². The van der Waals surface area contributed by atoms with E-state index < -0.39 is 5.76 Å². The maximum atomic E-state index is 12.3. The minimum Gasteiger partial charge on any atom is -0.330 e. The van der Waals surface area contributed by atoms with Crippen molar-refractivity contribution in [2.75, 3.05) is 11.9 Å². The third-order valence-electron chi connectivity index (χ3n) is 3.90. The number of amides is 1. The van der Waals surface area contributed by atoms with Crippen molar-refractivity contribution in [2.24, 2.45) is 17.6 Å². The van der Waals surface area contributed by atoms with Crippen molar-refractivity contribution in [3.8, 4) is 0 Å². The van der Waals surface area contributed by atoms with E-state index in [1.807, 2.05) is 0 Å². The molecule has 0 saturated heterocycles. The molecular formula is C15H20F2N2OS. The van der Waals surface area contributed by atoms with Gasteiger partial charge in [-0.2, -0.15) is 8.78 Å². The highest BCUT2D eigenvalue weighted by Gasteiger charge is 2.29. The van der Waals surface area contributed by atoms with Crippen LogP contribution in [0.5, 0.6) is 0 Å². The molecule has 0 radical (unpaired) electrons. The highest BCUT2D eigenvalue weighted by molar-refractivity contribution is 7.99. The molecule has 1 amide bonds. The lowest BCUT2D eigenvalue weighted by molar-refractivity contribution is -0.122. The normalized spacial score (nSPS) is 22.3. The lowest BCUT2D eigenvalue weighted by atomic mass is 9.78. The molecule has 3 nitrogen and oxygen atoms in total. The number of anilines is 1. The van der Waals surface area contributed by atoms with E-state index in [-0.39, 0.29) is 17.7 Å². The maximum Gasteiger partial charge on any atom is 0.288 e. The Morgan fingerprint density at radius 3 is 2.57 bits per heavy atom. The van der Waals surface area contributed by atoms with Gasteiger partial charge in [0, 0.05) is 16.5 Å². The molecule has 6 heteroatoms. The van der Waals surface area contributed by atoms with Crippen molar-refractivity contribution in [2.45, 2.75) is 36.3 Å². The zero-order valence-electron chi connectivity index (χ0n) is 11.7. The average molecular weight is 314 g/mol. The molecular weight excluding hydrogens is 294 g/mol. The Hall–Kier alpha value is -1.14. The molecule has 0 aromatic heterocycles. The number of carbonyl (C=O) groups excluding carboxylic acids is 1. The fraction of sp³-hybridized carbons (Fsp3) is 0.533. The molecule has 1 saturated carbocycles. The summed E-state index contributed by atoms with van der Waals surface area (Å²) in [6, 6.07) is 6.49. The van der Waals surface area contributed by atoms with Gasteiger partial charge in [-0.05, 0) is 49.6 Å². The summed E-state index contributed by atoms with van der Waals surface area (Å²) in [5.41, 5.74) is 6.38. The first kappa shape index (κ1) is 16.2. The van der Waals surface area contributed by atoms with E-state index in [9.17, 15) is 13.6 Å². The van der Waals surface area contributed by atoms with E-state index in [1.165, 1.54) is 0 Å². The first-order chi connectivity index (χ1) is 10.1. The molecule has 1 aliphatic carbocycles. The molecule has 0 heterocycles. The molecule has 1 fully saturated rings. The molecule has 3 N–H and O–H groups in total. The summed E-state index contributed by atoms with van der Waals surface area (Å²) in [5.74, 6) is -2.25. The highest BCUT2D eigenvalue weighted by atomic mass is 32.2. The molecule has 0 spiro atoms. The number of halogens is 2. The standard InChI is InChI=1S/C15H20F2N2OS/c16-15(17)21-12-7-5-11(6-8-12)19-14(20)13-4-2-1-3-10(13)9-18/h5-8,10,13,15H,1-4,9,18H2,(H,19,20). The molecule has 0 aliphatic heterocycles. The van der Waals surface area contributed by atoms with Crippen LogP contribution in [0.3, 0.4) is 0 Å². The molecule has 0 bridgehead atoms. The van der Waals surface area contributed by atoms with Gasteiger partial charge in [-0.15, -0.1) is 0 Å². The number of hydrogen-bond donors (Lipinski definition) is 2. The van der Waals surface area contributed by atoms with Gasteiger partial charge in [-0.3, -0.25) is 4.79 Å². The zero-order valence-corrected chi connectivity index (χ0v) is 12.5. The van der Waals surface area contributed by atoms with Crippen molar-refractivity contribution >= 4 is 23.4 Å². The van der Waals surface area contributed by atoms with E-state index in [0.717, 1.165) is 25.7 Å². The quantitative estimate of drug-likeness (QED) is 0.815. The molecule has 1 aromatic rings. The molecule has 116 valence electrons. The topological polar surface area (TPSA) is 55.1 Å². The summed E-state index contributed by atoms with van der Waals surface area (Å²) in [7, 11) is 0. The number of nitrogens with two attached hydrogens (primary N) is 1. The van der Waals surface area contributed by atoms with Gasteiger partial charge in [-0.1, -0.05) is 24.6 Å². The fourth-order valence-corrected chi connectivity index (χ4v) is 3.29. The van der Waals surface area contributed by atoms with Crippen LogP contribution < -0.4 is 11.1 Å². The number of alkyl halides is 2. The molecule has 2 rings (SSSR count). The third kappa shape index (κ3) is 4.68. The average Bonchev–Trinajstić information content (AvgIpc) is 2.48. The molecule has 2 atom stereocenters. The van der Waals surface area contributed by atoms with Crippen LogP contribution in [-0.4, -0.2) is 18.2 Å². The summed E-state index contributed by atoms with van der Waals surface area (Å²) < 4.78 is 24.5. The summed E-state index contributed by atoms with van der Waals surface area (Å²) in [4.78, 5) is 12.8. The molecule has 1 aromatic carbocycles. The smallest absolute Gasteiger partial charge is 0.288 e. The Balaban J connectivity index is 1.95. The van der Waals surface area contributed by atoms with Crippen molar-refractivity contribution in [3.63, 3.8) is 0 Å². The van der Waals surface area contributed by atoms with Crippen LogP contribution in [0.15, 0.2) is 29.2 Å². The van der Waals surface area contributed by atoms with Crippen molar-refractivity contribution in [3.05, 3.63) is 24.3 Å². The van der Waals surface area contributed by atoms with Crippen LogP contribution in [-0.2, 0) is 4.79 Å². The van der Waals surface area contributed by atoms with E-state index >= 15 is 0 Å². The number of benzene rings is 1. The first-order valence-electron chi connectivity index (χ1n) is 7.16. The van der Waals surface area contributed by atoms with Crippen molar-refractivity contribution in [1.29, 1.82) is 0 Å². The van der Waals surface area contributed by atoms with Crippen LogP contribution in [0.2, 0.25) is 0 Å². The summed E-state index contributed by atoms with van der Waals surface area (Å²) in [5, 5.41) is 2.87. The molecule has 21 heavy (non-hydrogen) atoms. The Kier molecular flexibility index (Phi) is 5.99. The first-order valence-corrected chi connectivity index (χ1v) is 8.04. The highest BCUT2D eigenvalue weighted by Crippen LogP contribution is 2.31. The minimum absolute atomic E-state index is 0.0144. The SMILES string of the molecule is NCC1CCCCC1C(=O)Nc1ccc(SC(F)F)cc1. The monoisotopic (exact) mass is 314 g/mol. The second-order valence-electron chi connectivity index (χ2n) is 5.28. The van der Waals surface area contributed by atoms with Gasteiger partial charge in [0.2, 0.25) is 5.91 Å². The van der Waals surface area contributed by atoms with Crippen molar-refractivity contribution < 1.29 is 13.6 Å². The lowest BCUT2D eigenvalue weighted by Gasteiger charge is -2.29. The zero-order chi connectivity index (χ0) is 15.2. The van der Waals surface area contributed by atoms with Gasteiger partial charge in [0.05, 0.1) is 0 Å². The number of nitrogens with one attached hydrogen (secondary N) is 1. The van der Waals surface area contributed by atoms with E-state index in [4.69, 9.17) is 5.73 Å². The largest absolute Gasteiger partial charge is 0.330 e. The summed E-state index contributed by atoms with van der Waals surface area (Å²) >= 11 is 0.496. The number of rotatable bonds is 5. The second-order valence-corrected chi connectivity index (χ2v) is 6.34. The van der Waals surface area contributed by atoms with Gasteiger partial charge < -0.3 is 11.1 Å². The maximum absolute atomic E-state index is 12.3. The van der Waals surface area contributed by atoms with Crippen LogP contribution in [0, 0.1) is 11.8 Å². The number of carbonyl (C=O) groups is 1. The van der Waals surface area contributed by atoms with Crippen LogP contribution in [0.1, 0.15) is 25.7 Å². The third-order valence-corrected chi connectivity index (χ3v) is 4.62.